The van der Waals surface area contributed by atoms with E-state index in [0.29, 0.717) is 0 Å². The lowest BCUT2D eigenvalue weighted by molar-refractivity contribution is -0.180. The van der Waals surface area contributed by atoms with Crippen molar-refractivity contribution in [2.24, 2.45) is 5.92 Å². The van der Waals surface area contributed by atoms with Crippen molar-refractivity contribution >= 4 is 29.8 Å². The van der Waals surface area contributed by atoms with Crippen LogP contribution < -0.4 is 5.32 Å². The van der Waals surface area contributed by atoms with E-state index in [2.05, 4.69) is 5.32 Å². The van der Waals surface area contributed by atoms with E-state index < -0.39 is 54.0 Å². The van der Waals surface area contributed by atoms with E-state index in [1.54, 1.807) is 0 Å². The van der Waals surface area contributed by atoms with E-state index in [-0.39, 0.29) is 12.8 Å². The first-order valence-electron chi connectivity index (χ1n) is 11.2. The molecule has 4 atom stereocenters. The number of carboxylic acids is 2. The SMILES string of the molecule is CC(=O)O[C@H](C(=O)O)[C@H](OC(C)=O)C(=O)NC(Cc1ccc(-c2ccccc2)cc1)C[C@@H](C)C(=O)O. The van der Waals surface area contributed by atoms with Crippen molar-refractivity contribution in [1.29, 1.82) is 0 Å². The molecule has 0 aliphatic rings. The lowest BCUT2D eigenvalue weighted by atomic mass is 9.94. The number of nitrogens with one attached hydrogen (secondary N) is 1. The fourth-order valence-electron chi connectivity index (χ4n) is 3.60. The normalized spacial score (nSPS) is 14.0. The van der Waals surface area contributed by atoms with Gasteiger partial charge in [0, 0.05) is 19.9 Å². The number of benzene rings is 2. The van der Waals surface area contributed by atoms with E-state index >= 15 is 0 Å². The lowest BCUT2D eigenvalue weighted by Gasteiger charge is -2.26. The number of aliphatic carboxylic acids is 2. The summed E-state index contributed by atoms with van der Waals surface area (Å²) in [6.07, 6.45) is -3.81. The molecule has 0 aliphatic carbocycles. The van der Waals surface area contributed by atoms with Gasteiger partial charge in [-0.15, -0.1) is 0 Å². The Morgan fingerprint density at radius 1 is 0.778 bits per heavy atom. The minimum atomic E-state index is -2.07. The summed E-state index contributed by atoms with van der Waals surface area (Å²) >= 11 is 0. The molecule has 0 radical (unpaired) electrons. The van der Waals surface area contributed by atoms with Crippen LogP contribution in [-0.2, 0) is 39.9 Å². The zero-order chi connectivity index (χ0) is 26.8. The fraction of sp³-hybridized carbons (Fsp3) is 0.346. The van der Waals surface area contributed by atoms with Gasteiger partial charge in [-0.3, -0.25) is 19.2 Å². The number of ether oxygens (including phenoxy) is 2. The summed E-state index contributed by atoms with van der Waals surface area (Å²) in [4.78, 5) is 59.0. The maximum atomic E-state index is 13.0. The fourth-order valence-corrected chi connectivity index (χ4v) is 3.60. The molecule has 1 amide bonds. The average molecular weight is 500 g/mol. The molecule has 0 saturated carbocycles. The first-order valence-corrected chi connectivity index (χ1v) is 11.2. The number of hydrogen-bond donors (Lipinski definition) is 3. The smallest absolute Gasteiger partial charge is 0.349 e. The minimum Gasteiger partial charge on any atom is -0.481 e. The van der Waals surface area contributed by atoms with Crippen molar-refractivity contribution in [2.45, 2.75) is 51.9 Å². The third-order valence-electron chi connectivity index (χ3n) is 5.31. The number of carbonyl (C=O) groups is 5. The summed E-state index contributed by atoms with van der Waals surface area (Å²) in [6.45, 7) is 3.41. The molecule has 0 saturated heterocycles. The number of hydrogen-bond acceptors (Lipinski definition) is 7. The molecule has 0 heterocycles. The first-order chi connectivity index (χ1) is 17.0. The molecule has 192 valence electrons. The summed E-state index contributed by atoms with van der Waals surface area (Å²) < 4.78 is 9.58. The number of rotatable bonds is 12. The Bertz CT molecular complexity index is 1080. The van der Waals surface area contributed by atoms with Crippen LogP contribution in [0.25, 0.3) is 11.1 Å². The van der Waals surface area contributed by atoms with Gasteiger partial charge in [0.05, 0.1) is 5.92 Å². The molecular formula is C26H29NO9. The summed E-state index contributed by atoms with van der Waals surface area (Å²) in [5.41, 5.74) is 2.78. The summed E-state index contributed by atoms with van der Waals surface area (Å²) in [5.74, 6) is -6.56. The molecule has 36 heavy (non-hydrogen) atoms. The highest BCUT2D eigenvalue weighted by Gasteiger charge is 2.40. The monoisotopic (exact) mass is 499 g/mol. The van der Waals surface area contributed by atoms with Gasteiger partial charge in [-0.2, -0.15) is 0 Å². The number of carboxylic acid groups (broad SMARTS) is 2. The van der Waals surface area contributed by atoms with Gasteiger partial charge >= 0.3 is 23.9 Å². The Morgan fingerprint density at radius 2 is 1.31 bits per heavy atom. The van der Waals surface area contributed by atoms with Gasteiger partial charge in [-0.05, 0) is 29.5 Å². The van der Waals surface area contributed by atoms with E-state index in [4.69, 9.17) is 9.47 Å². The van der Waals surface area contributed by atoms with Crippen LogP contribution >= 0.6 is 0 Å². The van der Waals surface area contributed by atoms with Gasteiger partial charge in [0.25, 0.3) is 5.91 Å². The maximum absolute atomic E-state index is 13.0. The van der Waals surface area contributed by atoms with Gasteiger partial charge in [0.15, 0.2) is 0 Å². The van der Waals surface area contributed by atoms with Crippen molar-refractivity contribution in [1.82, 2.24) is 5.32 Å². The Morgan fingerprint density at radius 3 is 1.81 bits per heavy atom. The second-order valence-corrected chi connectivity index (χ2v) is 8.35. The molecule has 10 heteroatoms. The molecule has 0 aromatic heterocycles. The standard InChI is InChI=1S/C26H29NO9/c1-15(25(31)32)13-21(14-18-9-11-20(12-10-18)19-7-5-4-6-8-19)27-24(30)22(35-16(2)28)23(26(33)34)36-17(3)29/h4-12,15,21-23H,13-14H2,1-3H3,(H,27,30)(H,31,32)(H,33,34)/t15-,21?,22+,23+/m1/s1. The third kappa shape index (κ3) is 8.53. The minimum absolute atomic E-state index is 0.0135. The van der Waals surface area contributed by atoms with Crippen molar-refractivity contribution < 1.29 is 43.7 Å². The topological polar surface area (TPSA) is 156 Å². The number of esters is 2. The Labute approximate surface area is 208 Å². The summed E-state index contributed by atoms with van der Waals surface area (Å²) in [6, 6.07) is 16.4. The maximum Gasteiger partial charge on any atom is 0.349 e. The van der Waals surface area contributed by atoms with E-state index in [0.717, 1.165) is 30.5 Å². The van der Waals surface area contributed by atoms with Gasteiger partial charge < -0.3 is 25.0 Å². The summed E-state index contributed by atoms with van der Waals surface area (Å²) in [7, 11) is 0. The molecule has 3 N–H and O–H groups in total. The molecule has 1 unspecified atom stereocenters. The second kappa shape index (κ2) is 13.0. The van der Waals surface area contributed by atoms with Gasteiger partial charge in [0.1, 0.15) is 0 Å². The molecule has 2 rings (SSSR count). The summed E-state index contributed by atoms with van der Waals surface area (Å²) in [5, 5.41) is 21.4. The number of amides is 1. The second-order valence-electron chi connectivity index (χ2n) is 8.35. The van der Waals surface area contributed by atoms with Gasteiger partial charge in [-0.25, -0.2) is 4.79 Å². The van der Waals surface area contributed by atoms with Crippen LogP contribution in [-0.4, -0.2) is 58.2 Å². The van der Waals surface area contributed by atoms with Crippen LogP contribution in [0.1, 0.15) is 32.8 Å². The highest BCUT2D eigenvalue weighted by atomic mass is 16.6. The predicted octanol–water partition coefficient (Wildman–Crippen LogP) is 2.44. The lowest BCUT2D eigenvalue weighted by Crippen LogP contribution is -2.52. The number of carbonyl (C=O) groups excluding carboxylic acids is 3. The van der Waals surface area contributed by atoms with Gasteiger partial charge in [-0.1, -0.05) is 61.5 Å². The average Bonchev–Trinajstić information content (AvgIpc) is 2.81. The van der Waals surface area contributed by atoms with Crippen LogP contribution in [0.15, 0.2) is 54.6 Å². The molecule has 2 aromatic carbocycles. The highest BCUT2D eigenvalue weighted by molar-refractivity contribution is 5.91. The Kier molecular flexibility index (Phi) is 10.1. The van der Waals surface area contributed by atoms with Crippen LogP contribution in [0.5, 0.6) is 0 Å². The van der Waals surface area contributed by atoms with E-state index in [1.807, 2.05) is 54.6 Å². The van der Waals surface area contributed by atoms with Crippen LogP contribution in [0.2, 0.25) is 0 Å². The van der Waals surface area contributed by atoms with Crippen molar-refractivity contribution in [3.05, 3.63) is 60.2 Å². The molecule has 0 bridgehead atoms. The zero-order valence-corrected chi connectivity index (χ0v) is 20.2. The van der Waals surface area contributed by atoms with Crippen LogP contribution in [0, 0.1) is 5.92 Å². The third-order valence-corrected chi connectivity index (χ3v) is 5.31. The van der Waals surface area contributed by atoms with Crippen molar-refractivity contribution in [2.75, 3.05) is 0 Å². The molecule has 0 fully saturated rings. The predicted molar refractivity (Wildman–Crippen MR) is 128 cm³/mol. The van der Waals surface area contributed by atoms with Crippen LogP contribution in [0.4, 0.5) is 0 Å². The van der Waals surface area contributed by atoms with Crippen molar-refractivity contribution in [3.63, 3.8) is 0 Å². The van der Waals surface area contributed by atoms with E-state index in [9.17, 15) is 34.2 Å². The largest absolute Gasteiger partial charge is 0.481 e. The Hall–Kier alpha value is -4.21. The van der Waals surface area contributed by atoms with Crippen LogP contribution in [0.3, 0.4) is 0 Å². The quantitative estimate of drug-likeness (QED) is 0.373. The first kappa shape index (κ1) is 28.0. The molecule has 0 spiro atoms. The zero-order valence-electron chi connectivity index (χ0n) is 20.2. The molecular weight excluding hydrogens is 470 g/mol. The molecule has 10 nitrogen and oxygen atoms in total. The van der Waals surface area contributed by atoms with E-state index in [1.165, 1.54) is 6.92 Å². The highest BCUT2D eigenvalue weighted by Crippen LogP contribution is 2.21. The molecule has 0 aliphatic heterocycles. The van der Waals surface area contributed by atoms with Gasteiger partial charge in [0.2, 0.25) is 12.2 Å². The Balaban J connectivity index is 2.27. The molecule has 2 aromatic rings. The van der Waals surface area contributed by atoms with Crippen molar-refractivity contribution in [3.8, 4) is 11.1 Å².